The Labute approximate surface area is 109 Å². The Morgan fingerprint density at radius 1 is 1.39 bits per heavy atom. The Morgan fingerprint density at radius 2 is 2.00 bits per heavy atom. The van der Waals surface area contributed by atoms with Crippen molar-refractivity contribution in [1.29, 1.82) is 0 Å². The van der Waals surface area contributed by atoms with Gasteiger partial charge in [0.05, 0.1) is 0 Å². The van der Waals surface area contributed by atoms with Gasteiger partial charge in [0.1, 0.15) is 12.6 Å². The van der Waals surface area contributed by atoms with Gasteiger partial charge in [0.15, 0.2) is 0 Å². The maximum atomic E-state index is 11.7. The number of nitrogens with one attached hydrogen (secondary N) is 1. The first kappa shape index (κ1) is 15.0. The van der Waals surface area contributed by atoms with E-state index in [1.54, 1.807) is 0 Å². The van der Waals surface area contributed by atoms with E-state index in [1.807, 2.05) is 0 Å². The summed E-state index contributed by atoms with van der Waals surface area (Å²) >= 11 is 0. The Balaban J connectivity index is 2.28. The zero-order chi connectivity index (χ0) is 13.7. The van der Waals surface area contributed by atoms with Gasteiger partial charge in [-0.25, -0.2) is 4.79 Å². The SMILES string of the molecule is CC(C)N(CCOC(=O)C1CCC(=O)N1)C(C)C. The number of carbonyl (C=O) groups is 2. The number of hydrogen-bond acceptors (Lipinski definition) is 4. The summed E-state index contributed by atoms with van der Waals surface area (Å²) in [7, 11) is 0. The van der Waals surface area contributed by atoms with Crippen molar-refractivity contribution < 1.29 is 14.3 Å². The highest BCUT2D eigenvalue weighted by Gasteiger charge is 2.28. The highest BCUT2D eigenvalue weighted by Crippen LogP contribution is 2.09. The van der Waals surface area contributed by atoms with E-state index in [2.05, 4.69) is 37.9 Å². The van der Waals surface area contributed by atoms with Gasteiger partial charge in [-0.3, -0.25) is 9.69 Å². The van der Waals surface area contributed by atoms with Crippen LogP contribution in [0.3, 0.4) is 0 Å². The van der Waals surface area contributed by atoms with Crippen molar-refractivity contribution in [2.24, 2.45) is 0 Å². The summed E-state index contributed by atoms with van der Waals surface area (Å²) < 4.78 is 5.21. The van der Waals surface area contributed by atoms with Crippen molar-refractivity contribution in [3.8, 4) is 0 Å². The lowest BCUT2D eigenvalue weighted by molar-refractivity contribution is -0.147. The second-order valence-corrected chi connectivity index (χ2v) is 5.25. The number of carbonyl (C=O) groups excluding carboxylic acids is 2. The maximum absolute atomic E-state index is 11.7. The van der Waals surface area contributed by atoms with Crippen LogP contribution in [0, 0.1) is 0 Å². The summed E-state index contributed by atoms with van der Waals surface area (Å²) in [5, 5.41) is 2.61. The average molecular weight is 256 g/mol. The lowest BCUT2D eigenvalue weighted by atomic mass is 10.2. The first-order chi connectivity index (χ1) is 8.41. The molecule has 1 atom stereocenters. The molecule has 1 heterocycles. The predicted molar refractivity (Wildman–Crippen MR) is 69.1 cm³/mol. The monoisotopic (exact) mass is 256 g/mol. The van der Waals surface area contributed by atoms with E-state index >= 15 is 0 Å². The molecule has 1 rings (SSSR count). The van der Waals surface area contributed by atoms with Gasteiger partial charge in [-0.05, 0) is 34.1 Å². The van der Waals surface area contributed by atoms with Crippen LogP contribution in [0.15, 0.2) is 0 Å². The van der Waals surface area contributed by atoms with E-state index in [-0.39, 0.29) is 11.9 Å². The van der Waals surface area contributed by atoms with Crippen LogP contribution in [0.4, 0.5) is 0 Å². The van der Waals surface area contributed by atoms with Crippen LogP contribution >= 0.6 is 0 Å². The van der Waals surface area contributed by atoms with Crippen LogP contribution in [0.5, 0.6) is 0 Å². The second-order valence-electron chi connectivity index (χ2n) is 5.25. The maximum Gasteiger partial charge on any atom is 0.328 e. The Hall–Kier alpha value is -1.10. The number of ether oxygens (including phenoxy) is 1. The summed E-state index contributed by atoms with van der Waals surface area (Å²) in [6.45, 7) is 9.60. The molecule has 1 unspecified atom stereocenters. The summed E-state index contributed by atoms with van der Waals surface area (Å²) in [6, 6.07) is 0.411. The van der Waals surface area contributed by atoms with E-state index in [4.69, 9.17) is 4.74 Å². The average Bonchev–Trinajstić information content (AvgIpc) is 2.69. The quantitative estimate of drug-likeness (QED) is 0.718. The number of hydrogen-bond donors (Lipinski definition) is 1. The molecule has 1 saturated heterocycles. The van der Waals surface area contributed by atoms with Crippen molar-refractivity contribution in [3.63, 3.8) is 0 Å². The lowest BCUT2D eigenvalue weighted by Crippen LogP contribution is -2.41. The molecule has 0 saturated carbocycles. The Bertz CT molecular complexity index is 295. The molecule has 18 heavy (non-hydrogen) atoms. The summed E-state index contributed by atoms with van der Waals surface area (Å²) in [4.78, 5) is 24.9. The van der Waals surface area contributed by atoms with E-state index in [1.165, 1.54) is 0 Å². The van der Waals surface area contributed by atoms with Crippen LogP contribution in [0.1, 0.15) is 40.5 Å². The van der Waals surface area contributed by atoms with Crippen LogP contribution in [-0.4, -0.2) is 48.1 Å². The van der Waals surface area contributed by atoms with Gasteiger partial charge in [0.25, 0.3) is 0 Å². The van der Waals surface area contributed by atoms with E-state index < -0.39 is 6.04 Å². The molecule has 0 spiro atoms. The van der Waals surface area contributed by atoms with Gasteiger partial charge in [-0.2, -0.15) is 0 Å². The third-order valence-electron chi connectivity index (χ3n) is 3.20. The van der Waals surface area contributed by atoms with E-state index in [0.29, 0.717) is 31.5 Å². The molecule has 0 bridgehead atoms. The second kappa shape index (κ2) is 6.73. The molecule has 1 N–H and O–H groups in total. The van der Waals surface area contributed by atoms with Gasteiger partial charge < -0.3 is 10.1 Å². The van der Waals surface area contributed by atoms with Crippen molar-refractivity contribution in [3.05, 3.63) is 0 Å². The van der Waals surface area contributed by atoms with Crippen LogP contribution in [0.25, 0.3) is 0 Å². The fraction of sp³-hybridized carbons (Fsp3) is 0.846. The largest absolute Gasteiger partial charge is 0.463 e. The minimum absolute atomic E-state index is 0.0667. The lowest BCUT2D eigenvalue weighted by Gasteiger charge is -2.30. The fourth-order valence-corrected chi connectivity index (χ4v) is 2.26. The predicted octanol–water partition coefficient (Wildman–Crippen LogP) is 0.927. The minimum atomic E-state index is -0.441. The molecule has 0 aromatic carbocycles. The smallest absolute Gasteiger partial charge is 0.328 e. The van der Waals surface area contributed by atoms with E-state index in [9.17, 15) is 9.59 Å². The van der Waals surface area contributed by atoms with Crippen LogP contribution < -0.4 is 5.32 Å². The third-order valence-corrected chi connectivity index (χ3v) is 3.20. The topological polar surface area (TPSA) is 58.6 Å². The molecule has 1 aliphatic rings. The van der Waals surface area contributed by atoms with Crippen LogP contribution in [0.2, 0.25) is 0 Å². The highest BCUT2D eigenvalue weighted by atomic mass is 16.5. The summed E-state index contributed by atoms with van der Waals surface area (Å²) in [6.07, 6.45) is 0.972. The van der Waals surface area contributed by atoms with Crippen LogP contribution in [-0.2, 0) is 14.3 Å². The van der Waals surface area contributed by atoms with Crippen molar-refractivity contribution in [1.82, 2.24) is 10.2 Å². The van der Waals surface area contributed by atoms with Crippen molar-refractivity contribution >= 4 is 11.9 Å². The summed E-state index contributed by atoms with van der Waals surface area (Å²) in [5.41, 5.74) is 0. The number of rotatable bonds is 6. The molecule has 1 fully saturated rings. The normalized spacial score (nSPS) is 19.7. The molecule has 0 aromatic heterocycles. The molecule has 5 heteroatoms. The summed E-state index contributed by atoms with van der Waals surface area (Å²) in [5.74, 6) is -0.378. The molecular formula is C13H24N2O3. The zero-order valence-corrected chi connectivity index (χ0v) is 11.7. The first-order valence-corrected chi connectivity index (χ1v) is 6.63. The van der Waals surface area contributed by atoms with Gasteiger partial charge in [-0.1, -0.05) is 0 Å². The number of esters is 1. The number of amides is 1. The van der Waals surface area contributed by atoms with Crippen molar-refractivity contribution in [2.45, 2.75) is 58.7 Å². The van der Waals surface area contributed by atoms with Gasteiger partial charge in [-0.15, -0.1) is 0 Å². The Kier molecular flexibility index (Phi) is 5.59. The first-order valence-electron chi connectivity index (χ1n) is 6.63. The molecule has 0 radical (unpaired) electrons. The van der Waals surface area contributed by atoms with E-state index in [0.717, 1.165) is 6.54 Å². The highest BCUT2D eigenvalue weighted by molar-refractivity contribution is 5.87. The number of nitrogens with zero attached hydrogens (tertiary/aromatic N) is 1. The Morgan fingerprint density at radius 3 is 2.44 bits per heavy atom. The fourth-order valence-electron chi connectivity index (χ4n) is 2.26. The molecule has 5 nitrogen and oxygen atoms in total. The minimum Gasteiger partial charge on any atom is -0.463 e. The molecule has 0 aliphatic carbocycles. The van der Waals surface area contributed by atoms with Gasteiger partial charge in [0, 0.05) is 25.0 Å². The zero-order valence-electron chi connectivity index (χ0n) is 11.7. The van der Waals surface area contributed by atoms with Gasteiger partial charge in [0.2, 0.25) is 5.91 Å². The van der Waals surface area contributed by atoms with Gasteiger partial charge >= 0.3 is 5.97 Å². The standard InChI is InChI=1S/C13H24N2O3/c1-9(2)15(10(3)4)7-8-18-13(17)11-5-6-12(16)14-11/h9-11H,5-8H2,1-4H3,(H,14,16). The molecular weight excluding hydrogens is 232 g/mol. The third kappa shape index (κ3) is 4.29. The molecule has 1 amide bonds. The molecule has 0 aromatic rings. The molecule has 104 valence electrons. The molecule has 1 aliphatic heterocycles. The van der Waals surface area contributed by atoms with Crippen molar-refractivity contribution in [2.75, 3.05) is 13.2 Å².